The molecule has 4 aliphatic heterocycles. The molecule has 59 heavy (non-hydrogen) atoms. The highest BCUT2D eigenvalue weighted by molar-refractivity contribution is 6.91. The Bertz CT molecular complexity index is 3050. The number of nitrogens with zero attached hydrogens (tertiary/aromatic N) is 2. The van der Waals surface area contributed by atoms with E-state index in [0.29, 0.717) is 0 Å². The van der Waals surface area contributed by atoms with Crippen molar-refractivity contribution >= 4 is 59.7 Å². The molecule has 280 valence electrons. The van der Waals surface area contributed by atoms with Gasteiger partial charge in [0.25, 0.3) is 6.21 Å². The Balaban J connectivity index is 1.09. The first-order chi connectivity index (χ1) is 29.2. The third kappa shape index (κ3) is 6.12. The summed E-state index contributed by atoms with van der Waals surface area (Å²) in [4.78, 5) is 12.0. The molecular weight excluding hydrogens is 737 g/mol. The average molecular weight is 777 g/mol. The van der Waals surface area contributed by atoms with E-state index in [0.717, 1.165) is 51.4 Å². The van der Waals surface area contributed by atoms with Gasteiger partial charge < -0.3 is 20.6 Å². The zero-order valence-electron chi connectivity index (χ0n) is 32.5. The van der Waals surface area contributed by atoms with Gasteiger partial charge in [-0.3, -0.25) is 4.98 Å². The predicted octanol–water partition coefficient (Wildman–Crippen LogP) is 10.5. The minimum atomic E-state index is -1.35. The second kappa shape index (κ2) is 14.5. The molecule has 4 aromatic carbocycles. The molecule has 0 aliphatic carbocycles. The van der Waals surface area contributed by atoms with Crippen LogP contribution in [-0.4, -0.2) is 48.3 Å². The zero-order valence-corrected chi connectivity index (χ0v) is 33.5. The molecule has 3 aromatic heterocycles. The molecule has 0 saturated heterocycles. The molecule has 4 aliphatic rings. The van der Waals surface area contributed by atoms with E-state index in [9.17, 15) is 0 Å². The fraction of sp³-hybridized carbons (Fsp3) is 0.0577. The minimum Gasteiger partial charge on any atom is -0.381 e. The van der Waals surface area contributed by atoms with Crippen molar-refractivity contribution in [2.24, 2.45) is 0 Å². The van der Waals surface area contributed by atoms with Crippen LogP contribution in [-0.2, 0) is 0 Å². The van der Waals surface area contributed by atoms with Gasteiger partial charge in [-0.15, -0.1) is 0 Å². The third-order valence-electron chi connectivity index (χ3n) is 11.8. The van der Waals surface area contributed by atoms with Crippen molar-refractivity contribution in [1.29, 1.82) is 0 Å². The van der Waals surface area contributed by atoms with Crippen molar-refractivity contribution in [1.82, 2.24) is 24.9 Å². The molecule has 6 nitrogen and oxygen atoms in total. The Labute approximate surface area is 344 Å². The molecule has 1 atom stereocenters. The van der Waals surface area contributed by atoms with E-state index >= 15 is 0 Å². The summed E-state index contributed by atoms with van der Waals surface area (Å²) in [6, 6.07) is 44.2. The lowest BCUT2D eigenvalue weighted by Gasteiger charge is -2.18. The molecular formula is C52H40N6Si+2. The van der Waals surface area contributed by atoms with E-state index < -0.39 is 8.80 Å². The summed E-state index contributed by atoms with van der Waals surface area (Å²) in [7, 11) is -1.35. The number of fused-ring (bicyclic) bond motifs is 2. The van der Waals surface area contributed by atoms with Crippen LogP contribution in [0, 0.1) is 0 Å². The molecule has 0 amide bonds. The summed E-state index contributed by atoms with van der Waals surface area (Å²) in [6.45, 7) is 3.28. The van der Waals surface area contributed by atoms with Crippen LogP contribution >= 0.6 is 0 Å². The lowest BCUT2D eigenvalue weighted by atomic mass is 9.87. The third-order valence-corrected chi connectivity index (χ3v) is 14.4. The Morgan fingerprint density at radius 1 is 0.678 bits per heavy atom. The fourth-order valence-corrected chi connectivity index (χ4v) is 11.7. The number of dihydropyridines is 1. The minimum absolute atomic E-state index is 0.0287. The van der Waals surface area contributed by atoms with E-state index in [1.807, 2.05) is 36.8 Å². The SMILES string of the molecule is C[Si+]1C(C2=CNC(C3=[N+]=CC=C3)C=C2)=C(c2ccc(-c3cccc4c3NCC=C4)cc2)C(c2ccc(-c3cccc4cccnc34)cc2)=C1c1ccc(-c2ccc[nH]2)[nH]1. The molecule has 7 heterocycles. The van der Waals surface area contributed by atoms with Crippen molar-refractivity contribution < 1.29 is 0 Å². The molecule has 7 aromatic rings. The van der Waals surface area contributed by atoms with Gasteiger partial charge in [0.2, 0.25) is 0 Å². The maximum Gasteiger partial charge on any atom is 0.391 e. The van der Waals surface area contributed by atoms with Crippen molar-refractivity contribution in [2.75, 3.05) is 11.9 Å². The van der Waals surface area contributed by atoms with Crippen LogP contribution in [0.5, 0.6) is 0 Å². The number of hydrogen-bond donors (Lipinski definition) is 4. The van der Waals surface area contributed by atoms with Gasteiger partial charge in [-0.2, -0.15) is 0 Å². The summed E-state index contributed by atoms with van der Waals surface area (Å²) in [5, 5.41) is 11.2. The second-order valence-electron chi connectivity index (χ2n) is 15.2. The number of rotatable bonds is 8. The maximum absolute atomic E-state index is 4.78. The van der Waals surface area contributed by atoms with Gasteiger partial charge in [0, 0.05) is 76.2 Å². The summed E-state index contributed by atoms with van der Waals surface area (Å²) in [6.07, 6.45) is 21.0. The van der Waals surface area contributed by atoms with Crippen molar-refractivity contribution in [3.63, 3.8) is 0 Å². The summed E-state index contributed by atoms with van der Waals surface area (Å²) >= 11 is 0. The van der Waals surface area contributed by atoms with E-state index in [-0.39, 0.29) is 6.04 Å². The average Bonchev–Trinajstić information content (AvgIpc) is 4.15. The molecule has 11 rings (SSSR count). The van der Waals surface area contributed by atoms with Crippen LogP contribution in [0.4, 0.5) is 5.69 Å². The van der Waals surface area contributed by atoms with Crippen LogP contribution in [0.15, 0.2) is 181 Å². The first-order valence-electron chi connectivity index (χ1n) is 20.2. The first kappa shape index (κ1) is 34.8. The van der Waals surface area contributed by atoms with Gasteiger partial charge in [-0.05, 0) is 64.2 Å². The normalized spacial score (nSPS) is 16.8. The Morgan fingerprint density at radius 3 is 2.19 bits per heavy atom. The Morgan fingerprint density at radius 2 is 1.42 bits per heavy atom. The van der Waals surface area contributed by atoms with E-state index in [1.165, 1.54) is 60.6 Å². The second-order valence-corrected chi connectivity index (χ2v) is 17.5. The number of hydrogen-bond acceptors (Lipinski definition) is 3. The highest BCUT2D eigenvalue weighted by atomic mass is 28.3. The monoisotopic (exact) mass is 776 g/mol. The highest BCUT2D eigenvalue weighted by Gasteiger charge is 2.48. The number of pyridine rings is 1. The van der Waals surface area contributed by atoms with Gasteiger partial charge in [0.15, 0.2) is 0 Å². The molecule has 0 radical (unpaired) electrons. The quantitative estimate of drug-likeness (QED) is 0.0916. The van der Waals surface area contributed by atoms with Gasteiger partial charge in [0.1, 0.15) is 16.4 Å². The van der Waals surface area contributed by atoms with Gasteiger partial charge in [-0.25, -0.2) is 0 Å². The van der Waals surface area contributed by atoms with Gasteiger partial charge in [-0.1, -0.05) is 114 Å². The Hall–Kier alpha value is -7.44. The standard InChI is InChI=1S/C52H39N6Si/c1-59-51(39-24-25-44(57-32-39)42-14-6-28-53-42)47(35-20-16-33(17-21-35)40-12-2-8-37-10-4-30-55-49(37)40)48(52(59)46-27-26-45(58-46)43-15-7-29-54-43)36-22-18-34(19-23-36)41-13-3-9-38-11-5-31-56-50(38)41/h2-29,31-32,44,53H,30H2,1H3,(H2,54,55,57,58)/q+1/p+1. The molecule has 4 N–H and O–H groups in total. The largest absolute Gasteiger partial charge is 0.391 e. The molecule has 0 spiro atoms. The maximum atomic E-state index is 4.78. The van der Waals surface area contributed by atoms with Crippen LogP contribution in [0.2, 0.25) is 6.55 Å². The smallest absolute Gasteiger partial charge is 0.381 e. The van der Waals surface area contributed by atoms with Crippen molar-refractivity contribution in [2.45, 2.75) is 12.6 Å². The summed E-state index contributed by atoms with van der Waals surface area (Å²) in [5.41, 5.74) is 18.6. The number of H-pyrrole nitrogens is 2. The lowest BCUT2D eigenvalue weighted by molar-refractivity contribution is 0.859. The number of aromatic nitrogens is 3. The molecule has 0 saturated carbocycles. The van der Waals surface area contributed by atoms with E-state index in [4.69, 9.17) is 4.98 Å². The van der Waals surface area contributed by atoms with Crippen LogP contribution in [0.3, 0.4) is 0 Å². The Kier molecular flexibility index (Phi) is 8.54. The van der Waals surface area contributed by atoms with Crippen LogP contribution < -0.4 is 15.3 Å². The van der Waals surface area contributed by atoms with Crippen molar-refractivity contribution in [3.05, 3.63) is 203 Å². The van der Waals surface area contributed by atoms with Crippen LogP contribution in [0.25, 0.3) is 67.0 Å². The number of anilines is 1. The van der Waals surface area contributed by atoms with Crippen LogP contribution in [0.1, 0.15) is 22.4 Å². The van der Waals surface area contributed by atoms with E-state index in [2.05, 4.69) is 178 Å². The first-order valence-corrected chi connectivity index (χ1v) is 22.2. The zero-order chi connectivity index (χ0) is 39.3. The topological polar surface area (TPSA) is 82.6 Å². The van der Waals surface area contributed by atoms with Gasteiger partial charge in [0.05, 0.1) is 29.1 Å². The number of nitrogens with one attached hydrogen (secondary N) is 4. The fourth-order valence-electron chi connectivity index (χ4n) is 9.00. The lowest BCUT2D eigenvalue weighted by Crippen LogP contribution is -2.33. The molecule has 7 heteroatoms. The predicted molar refractivity (Wildman–Crippen MR) is 249 cm³/mol. The number of benzene rings is 4. The summed E-state index contributed by atoms with van der Waals surface area (Å²) in [5.74, 6) is 0. The highest BCUT2D eigenvalue weighted by Crippen LogP contribution is 2.51. The molecule has 0 bridgehead atoms. The van der Waals surface area contributed by atoms with E-state index in [1.54, 1.807) is 0 Å². The number of allylic oxidation sites excluding steroid dienone is 6. The number of para-hydroxylation sites is 2. The van der Waals surface area contributed by atoms with Crippen molar-refractivity contribution in [3.8, 4) is 33.6 Å². The summed E-state index contributed by atoms with van der Waals surface area (Å²) < 4.78 is 4.60. The molecule has 1 unspecified atom stereocenters. The number of aromatic amines is 2. The van der Waals surface area contributed by atoms with Gasteiger partial charge >= 0.3 is 14.5 Å². The molecule has 0 fully saturated rings.